The molecule has 0 aromatic carbocycles. The fourth-order valence-electron chi connectivity index (χ4n) is 1.37. The van der Waals surface area contributed by atoms with E-state index in [1.807, 2.05) is 0 Å². The number of aliphatic hydroxyl groups is 1. The van der Waals surface area contributed by atoms with Crippen molar-refractivity contribution in [3.63, 3.8) is 0 Å². The molecule has 0 aliphatic carbocycles. The molecule has 0 saturated carbocycles. The Bertz CT molecular complexity index is 176. The summed E-state index contributed by atoms with van der Waals surface area (Å²) in [5, 5.41) is 8.92. The van der Waals surface area contributed by atoms with Crippen LogP contribution in [0.4, 0.5) is 0 Å². The van der Waals surface area contributed by atoms with Gasteiger partial charge in [0.1, 0.15) is 0 Å². The van der Waals surface area contributed by atoms with Crippen LogP contribution in [0.3, 0.4) is 0 Å². The SMILES string of the molecule is CC(C)=CCN1CCOC(CO)C1. The van der Waals surface area contributed by atoms with Gasteiger partial charge in [-0.2, -0.15) is 0 Å². The highest BCUT2D eigenvalue weighted by Gasteiger charge is 2.18. The Labute approximate surface area is 80.0 Å². The van der Waals surface area contributed by atoms with E-state index in [-0.39, 0.29) is 12.7 Å². The quantitative estimate of drug-likeness (QED) is 0.655. The Morgan fingerprint density at radius 2 is 2.38 bits per heavy atom. The molecule has 0 aromatic heterocycles. The van der Waals surface area contributed by atoms with Crippen molar-refractivity contribution in [3.05, 3.63) is 11.6 Å². The Morgan fingerprint density at radius 3 is 3.00 bits per heavy atom. The van der Waals surface area contributed by atoms with Crippen molar-refractivity contribution < 1.29 is 9.84 Å². The van der Waals surface area contributed by atoms with E-state index in [2.05, 4.69) is 24.8 Å². The van der Waals surface area contributed by atoms with E-state index < -0.39 is 0 Å². The van der Waals surface area contributed by atoms with Gasteiger partial charge in [0.2, 0.25) is 0 Å². The van der Waals surface area contributed by atoms with Crippen LogP contribution in [-0.4, -0.2) is 49.0 Å². The number of aliphatic hydroxyl groups excluding tert-OH is 1. The molecule has 0 spiro atoms. The topological polar surface area (TPSA) is 32.7 Å². The van der Waals surface area contributed by atoms with E-state index in [1.54, 1.807) is 0 Å². The van der Waals surface area contributed by atoms with Gasteiger partial charge in [0.25, 0.3) is 0 Å². The second-order valence-corrected chi connectivity index (χ2v) is 3.72. The molecule has 13 heavy (non-hydrogen) atoms. The van der Waals surface area contributed by atoms with Crippen molar-refractivity contribution in [1.29, 1.82) is 0 Å². The average molecular weight is 185 g/mol. The molecule has 1 aliphatic rings. The molecule has 1 atom stereocenters. The molecule has 76 valence electrons. The summed E-state index contributed by atoms with van der Waals surface area (Å²) in [5.41, 5.74) is 1.34. The number of morpholine rings is 1. The molecule has 1 unspecified atom stereocenters. The zero-order chi connectivity index (χ0) is 9.68. The van der Waals surface area contributed by atoms with Gasteiger partial charge in [0.15, 0.2) is 0 Å². The lowest BCUT2D eigenvalue weighted by molar-refractivity contribution is -0.0495. The molecular formula is C10H19NO2. The highest BCUT2D eigenvalue weighted by Crippen LogP contribution is 2.04. The molecule has 0 radical (unpaired) electrons. The summed E-state index contributed by atoms with van der Waals surface area (Å²) in [6.07, 6.45) is 2.22. The van der Waals surface area contributed by atoms with E-state index in [9.17, 15) is 0 Å². The van der Waals surface area contributed by atoms with Gasteiger partial charge >= 0.3 is 0 Å². The van der Waals surface area contributed by atoms with Crippen molar-refractivity contribution in [2.24, 2.45) is 0 Å². The summed E-state index contributed by atoms with van der Waals surface area (Å²) >= 11 is 0. The van der Waals surface area contributed by atoms with E-state index in [1.165, 1.54) is 5.57 Å². The Kier molecular flexibility index (Phi) is 4.42. The number of hydrogen-bond acceptors (Lipinski definition) is 3. The van der Waals surface area contributed by atoms with Crippen LogP contribution in [-0.2, 0) is 4.74 Å². The van der Waals surface area contributed by atoms with Gasteiger partial charge in [-0.1, -0.05) is 11.6 Å². The molecule has 0 bridgehead atoms. The third-order valence-corrected chi connectivity index (χ3v) is 2.18. The summed E-state index contributed by atoms with van der Waals surface area (Å²) < 4.78 is 5.35. The van der Waals surface area contributed by atoms with Gasteiger partial charge in [-0.3, -0.25) is 4.90 Å². The second-order valence-electron chi connectivity index (χ2n) is 3.72. The summed E-state index contributed by atoms with van der Waals surface area (Å²) in [6.45, 7) is 7.86. The molecule has 1 aliphatic heterocycles. The normalized spacial score (nSPS) is 24.4. The molecule has 1 heterocycles. The molecule has 1 saturated heterocycles. The first-order chi connectivity index (χ1) is 6.22. The highest BCUT2D eigenvalue weighted by molar-refractivity contribution is 4.95. The molecule has 0 amide bonds. The van der Waals surface area contributed by atoms with Gasteiger partial charge in [0.05, 0.1) is 19.3 Å². The predicted octanol–water partition coefficient (Wildman–Crippen LogP) is 0.646. The van der Waals surface area contributed by atoms with Gasteiger partial charge in [-0.15, -0.1) is 0 Å². The average Bonchev–Trinajstić information content (AvgIpc) is 2.15. The molecular weight excluding hydrogens is 166 g/mol. The monoisotopic (exact) mass is 185 g/mol. The number of hydrogen-bond donors (Lipinski definition) is 1. The summed E-state index contributed by atoms with van der Waals surface area (Å²) in [5.74, 6) is 0. The fourth-order valence-corrected chi connectivity index (χ4v) is 1.37. The van der Waals surface area contributed by atoms with Crippen molar-refractivity contribution in [1.82, 2.24) is 4.90 Å². The zero-order valence-corrected chi connectivity index (χ0v) is 8.49. The van der Waals surface area contributed by atoms with Crippen molar-refractivity contribution >= 4 is 0 Å². The largest absolute Gasteiger partial charge is 0.394 e. The van der Waals surface area contributed by atoms with Gasteiger partial charge < -0.3 is 9.84 Å². The number of allylic oxidation sites excluding steroid dienone is 1. The van der Waals surface area contributed by atoms with Crippen LogP contribution in [0.5, 0.6) is 0 Å². The van der Waals surface area contributed by atoms with E-state index in [0.717, 1.165) is 26.2 Å². The fraction of sp³-hybridized carbons (Fsp3) is 0.800. The highest BCUT2D eigenvalue weighted by atomic mass is 16.5. The molecule has 3 heteroatoms. The number of ether oxygens (including phenoxy) is 1. The third kappa shape index (κ3) is 3.89. The lowest BCUT2D eigenvalue weighted by Crippen LogP contribution is -2.43. The van der Waals surface area contributed by atoms with Crippen molar-refractivity contribution in [3.8, 4) is 0 Å². The summed E-state index contributed by atoms with van der Waals surface area (Å²) in [6, 6.07) is 0. The van der Waals surface area contributed by atoms with Crippen LogP contribution in [0.2, 0.25) is 0 Å². The third-order valence-electron chi connectivity index (χ3n) is 2.18. The van der Waals surface area contributed by atoms with E-state index in [4.69, 9.17) is 9.84 Å². The van der Waals surface area contributed by atoms with Crippen LogP contribution in [0.15, 0.2) is 11.6 Å². The Morgan fingerprint density at radius 1 is 1.62 bits per heavy atom. The standard InChI is InChI=1S/C10H19NO2/c1-9(2)3-4-11-5-6-13-10(7-11)8-12/h3,10,12H,4-8H2,1-2H3. The smallest absolute Gasteiger partial charge is 0.0932 e. The minimum atomic E-state index is 0.0133. The maximum atomic E-state index is 8.92. The van der Waals surface area contributed by atoms with Crippen LogP contribution in [0.25, 0.3) is 0 Å². The Balaban J connectivity index is 2.30. The number of nitrogens with zero attached hydrogens (tertiary/aromatic N) is 1. The van der Waals surface area contributed by atoms with Crippen LogP contribution in [0.1, 0.15) is 13.8 Å². The van der Waals surface area contributed by atoms with Gasteiger partial charge in [-0.05, 0) is 13.8 Å². The molecule has 1 fully saturated rings. The van der Waals surface area contributed by atoms with Crippen LogP contribution < -0.4 is 0 Å². The first kappa shape index (κ1) is 10.7. The van der Waals surface area contributed by atoms with E-state index in [0.29, 0.717) is 0 Å². The lowest BCUT2D eigenvalue weighted by Gasteiger charge is -2.31. The molecule has 0 aromatic rings. The molecule has 3 nitrogen and oxygen atoms in total. The second kappa shape index (κ2) is 5.37. The van der Waals surface area contributed by atoms with Crippen molar-refractivity contribution in [2.75, 3.05) is 32.8 Å². The van der Waals surface area contributed by atoms with Crippen LogP contribution in [0, 0.1) is 0 Å². The summed E-state index contributed by atoms with van der Waals surface area (Å²) in [7, 11) is 0. The van der Waals surface area contributed by atoms with Gasteiger partial charge in [-0.25, -0.2) is 0 Å². The maximum Gasteiger partial charge on any atom is 0.0932 e. The zero-order valence-electron chi connectivity index (χ0n) is 8.49. The minimum Gasteiger partial charge on any atom is -0.394 e. The lowest BCUT2D eigenvalue weighted by atomic mass is 10.2. The van der Waals surface area contributed by atoms with Gasteiger partial charge in [0, 0.05) is 19.6 Å². The Hall–Kier alpha value is -0.380. The maximum absolute atomic E-state index is 8.92. The molecule has 1 rings (SSSR count). The first-order valence-corrected chi connectivity index (χ1v) is 4.80. The number of rotatable bonds is 3. The predicted molar refractivity (Wildman–Crippen MR) is 52.7 cm³/mol. The van der Waals surface area contributed by atoms with Crippen LogP contribution >= 0.6 is 0 Å². The first-order valence-electron chi connectivity index (χ1n) is 4.80. The molecule has 1 N–H and O–H groups in total. The van der Waals surface area contributed by atoms with Crippen molar-refractivity contribution in [2.45, 2.75) is 20.0 Å². The minimum absolute atomic E-state index is 0.0133. The van der Waals surface area contributed by atoms with E-state index >= 15 is 0 Å². The summed E-state index contributed by atoms with van der Waals surface area (Å²) in [4.78, 5) is 2.30.